The number of methoxy groups -OCH3 is 1. The Bertz CT molecular complexity index is 560. The van der Waals surface area contributed by atoms with Crippen LogP contribution in [0, 0.1) is 0 Å². The van der Waals surface area contributed by atoms with Crippen LogP contribution in [0.4, 0.5) is 0 Å². The number of ether oxygens (including phenoxy) is 1. The van der Waals surface area contributed by atoms with Crippen molar-refractivity contribution in [3.63, 3.8) is 0 Å². The van der Waals surface area contributed by atoms with E-state index in [0.717, 1.165) is 20.1 Å². The van der Waals surface area contributed by atoms with Crippen LogP contribution >= 0.6 is 27.3 Å². The third-order valence-electron chi connectivity index (χ3n) is 2.09. The quantitative estimate of drug-likeness (QED) is 0.619. The highest BCUT2D eigenvalue weighted by Gasteiger charge is 2.04. The highest BCUT2D eigenvalue weighted by Crippen LogP contribution is 2.24. The van der Waals surface area contributed by atoms with Crippen molar-refractivity contribution in [2.24, 2.45) is 0 Å². The van der Waals surface area contributed by atoms with Crippen LogP contribution in [-0.2, 0) is 4.74 Å². The molecule has 86 valence electrons. The number of allylic oxidation sites excluding steroid dienone is 4. The molecule has 17 heavy (non-hydrogen) atoms. The molecule has 2 rings (SSSR count). The Labute approximate surface area is 112 Å². The van der Waals surface area contributed by atoms with Gasteiger partial charge in [-0.3, -0.25) is 0 Å². The van der Waals surface area contributed by atoms with Crippen molar-refractivity contribution >= 4 is 33.3 Å². The first kappa shape index (κ1) is 12.1. The summed E-state index contributed by atoms with van der Waals surface area (Å²) in [5, 5.41) is 0. The Hall–Kier alpha value is -1.35. The van der Waals surface area contributed by atoms with E-state index < -0.39 is 0 Å². The van der Waals surface area contributed by atoms with E-state index in [1.807, 2.05) is 36.5 Å². The van der Waals surface area contributed by atoms with Gasteiger partial charge in [0.1, 0.15) is 5.76 Å². The molecule has 0 N–H and O–H groups in total. The Kier molecular flexibility index (Phi) is 4.15. The average molecular weight is 308 g/mol. The van der Waals surface area contributed by atoms with Gasteiger partial charge in [-0.25, -0.2) is 4.98 Å². The highest BCUT2D eigenvalue weighted by molar-refractivity contribution is 9.11. The van der Waals surface area contributed by atoms with Crippen LogP contribution in [0.1, 0.15) is 4.88 Å². The summed E-state index contributed by atoms with van der Waals surface area (Å²) >= 11 is 4.90. The molecule has 1 aliphatic rings. The second kappa shape index (κ2) is 5.82. The minimum Gasteiger partial charge on any atom is -0.496 e. The molecule has 0 unspecified atom stereocenters. The smallest absolute Gasteiger partial charge is 0.159 e. The van der Waals surface area contributed by atoms with Gasteiger partial charge in [-0.1, -0.05) is 18.2 Å². The number of hydrogen-bond donors (Lipinski definition) is 0. The van der Waals surface area contributed by atoms with Crippen molar-refractivity contribution in [3.8, 4) is 0 Å². The molecule has 0 atom stereocenters. The fourth-order valence-corrected chi connectivity index (χ4v) is 2.56. The third-order valence-corrected chi connectivity index (χ3v) is 3.51. The first-order valence-electron chi connectivity index (χ1n) is 4.96. The van der Waals surface area contributed by atoms with Gasteiger partial charge in [0.25, 0.3) is 0 Å². The Morgan fingerprint density at radius 2 is 2.41 bits per heavy atom. The second-order valence-electron chi connectivity index (χ2n) is 3.21. The van der Waals surface area contributed by atoms with Gasteiger partial charge >= 0.3 is 0 Å². The van der Waals surface area contributed by atoms with E-state index in [-0.39, 0.29) is 0 Å². The molecule has 1 heterocycles. The summed E-state index contributed by atoms with van der Waals surface area (Å²) in [5.41, 5.74) is 4.04. The van der Waals surface area contributed by atoms with Gasteiger partial charge < -0.3 is 4.74 Å². The van der Waals surface area contributed by atoms with E-state index in [0.29, 0.717) is 0 Å². The molecule has 0 spiro atoms. The van der Waals surface area contributed by atoms with Crippen LogP contribution in [0.25, 0.3) is 6.08 Å². The number of hydrogen-bond acceptors (Lipinski definition) is 3. The maximum absolute atomic E-state index is 5.40. The maximum Gasteiger partial charge on any atom is 0.159 e. The zero-order valence-electron chi connectivity index (χ0n) is 9.18. The monoisotopic (exact) mass is 307 g/mol. The average Bonchev–Trinajstić information content (AvgIpc) is 2.58. The molecule has 0 saturated carbocycles. The van der Waals surface area contributed by atoms with Crippen LogP contribution in [0.15, 0.2) is 57.6 Å². The summed E-state index contributed by atoms with van der Waals surface area (Å²) in [7, 11) is 1.66. The summed E-state index contributed by atoms with van der Waals surface area (Å²) in [4.78, 5) is 5.18. The van der Waals surface area contributed by atoms with Crippen LogP contribution in [0.5, 0.6) is 0 Å². The first-order chi connectivity index (χ1) is 8.29. The van der Waals surface area contributed by atoms with E-state index in [2.05, 4.69) is 26.6 Å². The molecule has 4 heteroatoms. The SMILES string of the molecule is CO/C(=C/c1cnc(Br)s1)C1=CC=CC=C=C1. The van der Waals surface area contributed by atoms with Crippen molar-refractivity contribution in [1.82, 2.24) is 4.98 Å². The second-order valence-corrected chi connectivity index (χ2v) is 5.55. The van der Waals surface area contributed by atoms with Crippen LogP contribution < -0.4 is 0 Å². The van der Waals surface area contributed by atoms with Gasteiger partial charge in [-0.15, -0.1) is 17.1 Å². The zero-order chi connectivity index (χ0) is 12.1. The Morgan fingerprint density at radius 1 is 1.53 bits per heavy atom. The molecule has 0 aromatic carbocycles. The molecular formula is C13H10BrNOS. The fourth-order valence-electron chi connectivity index (χ4n) is 1.33. The molecule has 0 amide bonds. The van der Waals surface area contributed by atoms with Gasteiger partial charge in [-0.2, -0.15) is 0 Å². The fraction of sp³-hybridized carbons (Fsp3) is 0.0769. The van der Waals surface area contributed by atoms with E-state index >= 15 is 0 Å². The number of aromatic nitrogens is 1. The van der Waals surface area contributed by atoms with E-state index in [1.54, 1.807) is 24.6 Å². The van der Waals surface area contributed by atoms with E-state index in [4.69, 9.17) is 4.74 Å². The predicted molar refractivity (Wildman–Crippen MR) is 74.7 cm³/mol. The molecule has 0 bridgehead atoms. The van der Waals surface area contributed by atoms with Crippen LogP contribution in [0.2, 0.25) is 0 Å². The van der Waals surface area contributed by atoms with Crippen molar-refractivity contribution in [3.05, 3.63) is 62.4 Å². The molecular weight excluding hydrogens is 298 g/mol. The number of halogens is 1. The van der Waals surface area contributed by atoms with Crippen molar-refractivity contribution in [2.75, 3.05) is 7.11 Å². The summed E-state index contributed by atoms with van der Waals surface area (Å²) in [6.45, 7) is 0. The lowest BCUT2D eigenvalue weighted by molar-refractivity contribution is 0.306. The standard InChI is InChI=1S/C13H10BrNOS/c1-16-12(8-11-9-15-13(14)17-11)10-6-4-2-3-5-7-10/h2-4,6-9H,1H3/b12-8+. The molecule has 0 aliphatic heterocycles. The topological polar surface area (TPSA) is 22.1 Å². The lowest BCUT2D eigenvalue weighted by Crippen LogP contribution is -1.89. The largest absolute Gasteiger partial charge is 0.496 e. The maximum atomic E-state index is 5.40. The van der Waals surface area contributed by atoms with E-state index in [9.17, 15) is 0 Å². The normalized spacial score (nSPS) is 14.7. The Balaban J connectivity index is 2.33. The van der Waals surface area contributed by atoms with Gasteiger partial charge in [-0.05, 0) is 34.2 Å². The molecule has 1 aliphatic carbocycles. The highest BCUT2D eigenvalue weighted by atomic mass is 79.9. The first-order valence-corrected chi connectivity index (χ1v) is 6.57. The number of thiazole rings is 1. The summed E-state index contributed by atoms with van der Waals surface area (Å²) in [5.74, 6) is 0.800. The lowest BCUT2D eigenvalue weighted by Gasteiger charge is -2.05. The number of rotatable bonds is 3. The lowest BCUT2D eigenvalue weighted by atomic mass is 10.2. The van der Waals surface area contributed by atoms with E-state index in [1.165, 1.54) is 0 Å². The van der Waals surface area contributed by atoms with Gasteiger partial charge in [0.15, 0.2) is 3.92 Å². The summed E-state index contributed by atoms with van der Waals surface area (Å²) in [6, 6.07) is 0. The van der Waals surface area contributed by atoms with Crippen molar-refractivity contribution < 1.29 is 4.74 Å². The third kappa shape index (κ3) is 3.30. The van der Waals surface area contributed by atoms with Crippen LogP contribution in [0.3, 0.4) is 0 Å². The number of nitrogens with zero attached hydrogens (tertiary/aromatic N) is 1. The zero-order valence-corrected chi connectivity index (χ0v) is 11.6. The van der Waals surface area contributed by atoms with Crippen molar-refractivity contribution in [1.29, 1.82) is 0 Å². The summed E-state index contributed by atoms with van der Waals surface area (Å²) < 4.78 is 6.26. The molecule has 1 aromatic heterocycles. The van der Waals surface area contributed by atoms with Crippen LogP contribution in [-0.4, -0.2) is 12.1 Å². The van der Waals surface area contributed by atoms with Gasteiger partial charge in [0.2, 0.25) is 0 Å². The molecule has 0 radical (unpaired) electrons. The molecule has 0 saturated heterocycles. The minimum absolute atomic E-state index is 0.800. The minimum atomic E-state index is 0.800. The van der Waals surface area contributed by atoms with Crippen molar-refractivity contribution in [2.45, 2.75) is 0 Å². The van der Waals surface area contributed by atoms with Gasteiger partial charge in [0, 0.05) is 11.8 Å². The molecule has 1 aromatic rings. The molecule has 2 nitrogen and oxygen atoms in total. The predicted octanol–water partition coefficient (Wildman–Crippen LogP) is 4.10. The van der Waals surface area contributed by atoms with Gasteiger partial charge in [0.05, 0.1) is 12.0 Å². The molecule has 0 fully saturated rings. The Morgan fingerprint density at radius 3 is 3.12 bits per heavy atom. The summed E-state index contributed by atoms with van der Waals surface area (Å²) in [6.07, 6.45) is 13.4.